The van der Waals surface area contributed by atoms with E-state index in [0.29, 0.717) is 6.04 Å². The van der Waals surface area contributed by atoms with Crippen LogP contribution in [0.25, 0.3) is 5.52 Å². The lowest BCUT2D eigenvalue weighted by atomic mass is 10.0. The maximum Gasteiger partial charge on any atom is 0.158 e. The van der Waals surface area contributed by atoms with E-state index in [1.54, 1.807) is 13.4 Å². The minimum absolute atomic E-state index is 0.321. The lowest BCUT2D eigenvalue weighted by Crippen LogP contribution is -2.33. The van der Waals surface area contributed by atoms with Gasteiger partial charge in [0.1, 0.15) is 17.6 Å². The van der Waals surface area contributed by atoms with Gasteiger partial charge in [-0.3, -0.25) is 4.90 Å². The molecule has 3 N–H and O–H groups in total. The summed E-state index contributed by atoms with van der Waals surface area (Å²) in [5.41, 5.74) is 9.36. The van der Waals surface area contributed by atoms with Gasteiger partial charge < -0.3 is 15.8 Å². The summed E-state index contributed by atoms with van der Waals surface area (Å²) in [6, 6.07) is 10.3. The van der Waals surface area contributed by atoms with Crippen LogP contribution in [0.3, 0.4) is 0 Å². The second-order valence-corrected chi connectivity index (χ2v) is 7.42. The van der Waals surface area contributed by atoms with Crippen molar-refractivity contribution in [2.75, 3.05) is 25.5 Å². The first-order valence-corrected chi connectivity index (χ1v) is 10.3. The van der Waals surface area contributed by atoms with E-state index < -0.39 is 0 Å². The van der Waals surface area contributed by atoms with E-state index in [1.165, 1.54) is 18.4 Å². The first-order chi connectivity index (χ1) is 14.7. The number of benzene rings is 1. The van der Waals surface area contributed by atoms with Crippen molar-refractivity contribution in [1.82, 2.24) is 19.5 Å². The Morgan fingerprint density at radius 2 is 2.07 bits per heavy atom. The number of likely N-dealkylation sites (tertiary alicyclic amines) is 1. The molecule has 1 aliphatic rings. The van der Waals surface area contributed by atoms with Gasteiger partial charge in [-0.05, 0) is 56.1 Å². The molecule has 30 heavy (non-hydrogen) atoms. The average Bonchev–Trinajstić information content (AvgIpc) is 3.18. The lowest BCUT2D eigenvalue weighted by Gasteiger charge is -2.26. The third-order valence-corrected chi connectivity index (χ3v) is 5.38. The Bertz CT molecular complexity index is 966. The molecule has 3 aromatic rings. The fourth-order valence-corrected chi connectivity index (χ4v) is 3.82. The number of nitrogens with zero attached hydrogens (tertiary/aromatic N) is 4. The normalized spacial score (nSPS) is 17.4. The summed E-state index contributed by atoms with van der Waals surface area (Å²) in [7, 11) is 1.67. The van der Waals surface area contributed by atoms with Gasteiger partial charge in [-0.1, -0.05) is 12.5 Å². The summed E-state index contributed by atoms with van der Waals surface area (Å²) in [5.74, 6) is 1.61. The fraction of sp³-hybridized carbons (Fsp3) is 0.391. The van der Waals surface area contributed by atoms with Gasteiger partial charge in [0, 0.05) is 30.5 Å². The highest BCUT2D eigenvalue weighted by Gasteiger charge is 2.16. The van der Waals surface area contributed by atoms with Crippen LogP contribution in [0.1, 0.15) is 31.2 Å². The number of hydrogen-bond acceptors (Lipinski definition) is 6. The molecule has 1 aliphatic heterocycles. The molecule has 0 saturated carbocycles. The largest absolute Gasteiger partial charge is 0.497 e. The minimum Gasteiger partial charge on any atom is -0.497 e. The van der Waals surface area contributed by atoms with Crippen molar-refractivity contribution in [3.63, 3.8) is 0 Å². The van der Waals surface area contributed by atoms with Crippen LogP contribution < -0.4 is 15.8 Å². The monoisotopic (exact) mass is 406 g/mol. The summed E-state index contributed by atoms with van der Waals surface area (Å²) in [5, 5.41) is 7.80. The summed E-state index contributed by atoms with van der Waals surface area (Å²) in [6.45, 7) is 3.02. The van der Waals surface area contributed by atoms with Crippen LogP contribution in [0.15, 0.2) is 42.9 Å². The second kappa shape index (κ2) is 10.6. The molecule has 7 nitrogen and oxygen atoms in total. The highest BCUT2D eigenvalue weighted by molar-refractivity contribution is 5.76. The molecule has 7 heteroatoms. The standard InChI is InChI=1S/C21H28N6O.C2H2/c1-28-19-7-4-6-18(13-19)25-21-20-16(8-12-27(20)24-15-23-21)14-26-10-3-2-5-17(22)9-11-26;1-2/h4,6-8,12-13,15,17H,2-3,5,9-11,14,22H2,1H3,(H,23,24,25);1-2H/t17-;/m0./s1. The van der Waals surface area contributed by atoms with Gasteiger partial charge in [-0.25, -0.2) is 9.50 Å². The highest BCUT2D eigenvalue weighted by Crippen LogP contribution is 2.26. The number of hydrogen-bond donors (Lipinski definition) is 2. The van der Waals surface area contributed by atoms with Crippen molar-refractivity contribution < 1.29 is 4.74 Å². The average molecular weight is 407 g/mol. The molecule has 1 saturated heterocycles. The van der Waals surface area contributed by atoms with Crippen LogP contribution in [0.2, 0.25) is 0 Å². The Labute approximate surface area is 178 Å². The molecule has 0 radical (unpaired) electrons. The highest BCUT2D eigenvalue weighted by atomic mass is 16.5. The molecule has 158 valence electrons. The van der Waals surface area contributed by atoms with Crippen LogP contribution >= 0.6 is 0 Å². The summed E-state index contributed by atoms with van der Waals surface area (Å²) >= 11 is 0. The Balaban J connectivity index is 0.00000124. The molecule has 0 amide bonds. The maximum atomic E-state index is 6.19. The number of aromatic nitrogens is 3. The number of nitrogens with one attached hydrogen (secondary N) is 1. The van der Waals surface area contributed by atoms with Crippen LogP contribution in [0.5, 0.6) is 5.75 Å². The first-order valence-electron chi connectivity index (χ1n) is 10.3. The van der Waals surface area contributed by atoms with E-state index in [4.69, 9.17) is 10.5 Å². The Morgan fingerprint density at radius 3 is 2.90 bits per heavy atom. The zero-order chi connectivity index (χ0) is 21.3. The van der Waals surface area contributed by atoms with Crippen LogP contribution in [0, 0.1) is 12.8 Å². The SMILES string of the molecule is C#C.COc1cccc(Nc2ncnn3ccc(CN4CCCC[C@H](N)CC4)c23)c1. The third-order valence-electron chi connectivity index (χ3n) is 5.38. The second-order valence-electron chi connectivity index (χ2n) is 7.42. The molecule has 0 aliphatic carbocycles. The van der Waals surface area contributed by atoms with Gasteiger partial charge in [0.05, 0.1) is 7.11 Å². The van der Waals surface area contributed by atoms with E-state index in [1.807, 2.05) is 35.0 Å². The predicted octanol–water partition coefficient (Wildman–Crippen LogP) is 3.43. The molecule has 0 spiro atoms. The van der Waals surface area contributed by atoms with Crippen molar-refractivity contribution in [2.24, 2.45) is 5.73 Å². The Morgan fingerprint density at radius 1 is 1.20 bits per heavy atom. The van der Waals surface area contributed by atoms with Gasteiger partial charge in [-0.2, -0.15) is 5.10 Å². The molecule has 1 fully saturated rings. The maximum absolute atomic E-state index is 6.19. The summed E-state index contributed by atoms with van der Waals surface area (Å²) in [4.78, 5) is 7.00. The summed E-state index contributed by atoms with van der Waals surface area (Å²) in [6.07, 6.45) is 16.2. The number of anilines is 2. The van der Waals surface area contributed by atoms with Crippen LogP contribution in [-0.4, -0.2) is 45.7 Å². The number of terminal acetylenes is 1. The van der Waals surface area contributed by atoms with Crippen LogP contribution in [-0.2, 0) is 6.54 Å². The topological polar surface area (TPSA) is 80.7 Å². The van der Waals surface area contributed by atoms with E-state index in [0.717, 1.165) is 55.2 Å². The number of fused-ring (bicyclic) bond motifs is 1. The number of nitrogens with two attached hydrogens (primary N) is 1. The smallest absolute Gasteiger partial charge is 0.158 e. The first kappa shape index (κ1) is 21.6. The zero-order valence-corrected chi connectivity index (χ0v) is 17.5. The van der Waals surface area contributed by atoms with Gasteiger partial charge in [0.25, 0.3) is 0 Å². The number of methoxy groups -OCH3 is 1. The van der Waals surface area contributed by atoms with Crippen molar-refractivity contribution in [1.29, 1.82) is 0 Å². The van der Waals surface area contributed by atoms with Gasteiger partial charge in [0.2, 0.25) is 0 Å². The number of ether oxygens (including phenoxy) is 1. The van der Waals surface area contributed by atoms with E-state index >= 15 is 0 Å². The predicted molar refractivity (Wildman–Crippen MR) is 121 cm³/mol. The molecule has 3 heterocycles. The fourth-order valence-electron chi connectivity index (χ4n) is 3.82. The molecule has 0 bridgehead atoms. The van der Waals surface area contributed by atoms with Crippen LogP contribution in [0.4, 0.5) is 11.5 Å². The molecular formula is C23H30N6O. The van der Waals surface area contributed by atoms with E-state index in [9.17, 15) is 0 Å². The molecule has 2 aromatic heterocycles. The quantitative estimate of drug-likeness (QED) is 0.632. The lowest BCUT2D eigenvalue weighted by molar-refractivity contribution is 0.231. The molecule has 4 rings (SSSR count). The Hall–Kier alpha value is -3.08. The van der Waals surface area contributed by atoms with Crippen molar-refractivity contribution >= 4 is 17.0 Å². The molecular weight excluding hydrogens is 376 g/mol. The molecule has 0 unspecified atom stereocenters. The van der Waals surface area contributed by atoms with E-state index in [-0.39, 0.29) is 0 Å². The van der Waals surface area contributed by atoms with Gasteiger partial charge in [-0.15, -0.1) is 12.8 Å². The third kappa shape index (κ3) is 5.29. The number of rotatable bonds is 5. The minimum atomic E-state index is 0.321. The Kier molecular flexibility index (Phi) is 7.66. The molecule has 1 aromatic carbocycles. The zero-order valence-electron chi connectivity index (χ0n) is 17.5. The van der Waals surface area contributed by atoms with Crippen molar-refractivity contribution in [3.8, 4) is 18.6 Å². The van der Waals surface area contributed by atoms with E-state index in [2.05, 4.69) is 39.2 Å². The van der Waals surface area contributed by atoms with Crippen molar-refractivity contribution in [2.45, 2.75) is 38.3 Å². The van der Waals surface area contributed by atoms with Crippen molar-refractivity contribution in [3.05, 3.63) is 48.4 Å². The summed E-state index contributed by atoms with van der Waals surface area (Å²) < 4.78 is 7.21. The van der Waals surface area contributed by atoms with Gasteiger partial charge >= 0.3 is 0 Å². The molecule has 1 atom stereocenters. The van der Waals surface area contributed by atoms with Gasteiger partial charge in [0.15, 0.2) is 5.82 Å².